The van der Waals surface area contributed by atoms with Crippen LogP contribution in [0.15, 0.2) is 70.6 Å². The lowest BCUT2D eigenvalue weighted by Crippen LogP contribution is -2.16. The van der Waals surface area contributed by atoms with Crippen molar-refractivity contribution in [1.29, 1.82) is 0 Å². The van der Waals surface area contributed by atoms with Crippen LogP contribution in [0, 0.1) is 0 Å². The van der Waals surface area contributed by atoms with E-state index in [2.05, 4.69) is 15.3 Å². The van der Waals surface area contributed by atoms with Gasteiger partial charge in [-0.1, -0.05) is 43.8 Å². The minimum atomic E-state index is -0.212. The zero-order chi connectivity index (χ0) is 19.9. The molecule has 0 atom stereocenters. The first-order chi connectivity index (χ1) is 13.5. The van der Waals surface area contributed by atoms with E-state index in [0.29, 0.717) is 22.3 Å². The molecule has 0 fully saturated rings. The Balaban J connectivity index is 1.54. The van der Waals surface area contributed by atoms with Crippen molar-refractivity contribution in [2.24, 2.45) is 0 Å². The molecule has 2 aromatic carbocycles. The van der Waals surface area contributed by atoms with Gasteiger partial charge in [0.1, 0.15) is 11.5 Å². The number of para-hydroxylation sites is 1. The molecule has 0 bridgehead atoms. The first kappa shape index (κ1) is 19.7. The van der Waals surface area contributed by atoms with Crippen molar-refractivity contribution in [3.8, 4) is 11.5 Å². The monoisotopic (exact) mass is 395 g/mol. The molecule has 0 unspecified atom stereocenters. The lowest BCUT2D eigenvalue weighted by molar-refractivity contribution is -0.113. The molecule has 0 aliphatic rings. The van der Waals surface area contributed by atoms with Crippen LogP contribution in [0.2, 0.25) is 0 Å². The Morgan fingerprint density at radius 2 is 1.79 bits per heavy atom. The Hall–Kier alpha value is -3.06. The molecular formula is C21H21N3O3S. The highest BCUT2D eigenvalue weighted by molar-refractivity contribution is 7.99. The molecule has 0 aliphatic heterocycles. The van der Waals surface area contributed by atoms with Gasteiger partial charge in [0.05, 0.1) is 11.4 Å². The van der Waals surface area contributed by atoms with E-state index in [9.17, 15) is 9.59 Å². The number of hydrogen-bond donors (Lipinski definition) is 2. The number of ether oxygens (including phenoxy) is 1. The third-order valence-electron chi connectivity index (χ3n) is 3.79. The molecule has 0 saturated carbocycles. The summed E-state index contributed by atoms with van der Waals surface area (Å²) < 4.78 is 5.73. The van der Waals surface area contributed by atoms with Gasteiger partial charge in [0.25, 0.3) is 5.56 Å². The second-order valence-corrected chi connectivity index (χ2v) is 7.37. The molecule has 0 aliphatic carbocycles. The second-order valence-electron chi connectivity index (χ2n) is 6.41. The molecular weight excluding hydrogens is 374 g/mol. The molecule has 144 valence electrons. The SMILES string of the molecule is CC(C)c1cc(=O)[nH]c(SCC(=O)Nc2ccc(Oc3ccccc3)cc2)n1. The molecule has 7 heteroatoms. The third kappa shape index (κ3) is 5.72. The van der Waals surface area contributed by atoms with Gasteiger partial charge in [-0.3, -0.25) is 9.59 Å². The zero-order valence-corrected chi connectivity index (χ0v) is 16.5. The van der Waals surface area contributed by atoms with Gasteiger partial charge in [-0.15, -0.1) is 0 Å². The van der Waals surface area contributed by atoms with Crippen molar-refractivity contribution < 1.29 is 9.53 Å². The summed E-state index contributed by atoms with van der Waals surface area (Å²) in [5, 5.41) is 3.26. The fourth-order valence-electron chi connectivity index (χ4n) is 2.38. The lowest BCUT2D eigenvalue weighted by atomic mass is 10.1. The van der Waals surface area contributed by atoms with Crippen LogP contribution >= 0.6 is 11.8 Å². The van der Waals surface area contributed by atoms with E-state index in [-0.39, 0.29) is 23.1 Å². The molecule has 1 heterocycles. The van der Waals surface area contributed by atoms with E-state index < -0.39 is 0 Å². The van der Waals surface area contributed by atoms with Crippen molar-refractivity contribution >= 4 is 23.4 Å². The van der Waals surface area contributed by atoms with Gasteiger partial charge < -0.3 is 15.0 Å². The number of nitrogens with one attached hydrogen (secondary N) is 2. The number of aromatic amines is 1. The number of carbonyl (C=O) groups excluding carboxylic acids is 1. The molecule has 0 radical (unpaired) electrons. The summed E-state index contributed by atoms with van der Waals surface area (Å²) in [6, 6.07) is 18.1. The third-order valence-corrected chi connectivity index (χ3v) is 4.66. The van der Waals surface area contributed by atoms with Crippen molar-refractivity contribution in [2.45, 2.75) is 24.9 Å². The smallest absolute Gasteiger partial charge is 0.251 e. The first-order valence-corrected chi connectivity index (χ1v) is 9.85. The van der Waals surface area contributed by atoms with Gasteiger partial charge in [-0.25, -0.2) is 4.98 Å². The predicted octanol–water partition coefficient (Wildman–Crippen LogP) is 4.42. The standard InChI is InChI=1S/C21H21N3O3S/c1-14(2)18-12-19(25)24-21(23-18)28-13-20(26)22-15-8-10-17(11-9-15)27-16-6-4-3-5-7-16/h3-12,14H,13H2,1-2H3,(H,22,26)(H,23,24,25). The van der Waals surface area contributed by atoms with Gasteiger partial charge in [0.2, 0.25) is 5.91 Å². The Morgan fingerprint density at radius 1 is 1.11 bits per heavy atom. The number of hydrogen-bond acceptors (Lipinski definition) is 5. The minimum absolute atomic E-state index is 0.145. The van der Waals surface area contributed by atoms with Crippen LogP contribution in [0.4, 0.5) is 5.69 Å². The molecule has 3 rings (SSSR count). The average Bonchev–Trinajstić information content (AvgIpc) is 2.68. The fourth-order valence-corrected chi connectivity index (χ4v) is 3.06. The molecule has 0 spiro atoms. The van der Waals surface area contributed by atoms with Crippen LogP contribution in [0.5, 0.6) is 11.5 Å². The summed E-state index contributed by atoms with van der Waals surface area (Å²) in [7, 11) is 0. The van der Waals surface area contributed by atoms with E-state index in [1.165, 1.54) is 17.8 Å². The Labute approximate surface area is 167 Å². The number of aromatic nitrogens is 2. The molecule has 1 aromatic heterocycles. The topological polar surface area (TPSA) is 84.1 Å². The lowest BCUT2D eigenvalue weighted by Gasteiger charge is -2.08. The molecule has 1 amide bonds. The van der Waals surface area contributed by atoms with Crippen molar-refractivity contribution in [1.82, 2.24) is 9.97 Å². The van der Waals surface area contributed by atoms with E-state index in [1.54, 1.807) is 24.3 Å². The van der Waals surface area contributed by atoms with Gasteiger partial charge in [-0.2, -0.15) is 0 Å². The number of H-pyrrole nitrogens is 1. The van der Waals surface area contributed by atoms with Gasteiger partial charge >= 0.3 is 0 Å². The van der Waals surface area contributed by atoms with Crippen molar-refractivity contribution in [3.63, 3.8) is 0 Å². The predicted molar refractivity (Wildman–Crippen MR) is 111 cm³/mol. The normalized spacial score (nSPS) is 10.7. The number of rotatable bonds is 7. The number of amides is 1. The van der Waals surface area contributed by atoms with Crippen LogP contribution in [-0.4, -0.2) is 21.6 Å². The molecule has 6 nitrogen and oxygen atoms in total. The summed E-state index contributed by atoms with van der Waals surface area (Å²) in [4.78, 5) is 30.9. The summed E-state index contributed by atoms with van der Waals surface area (Å²) in [6.45, 7) is 3.93. The van der Waals surface area contributed by atoms with Crippen LogP contribution in [-0.2, 0) is 4.79 Å². The highest BCUT2D eigenvalue weighted by atomic mass is 32.2. The highest BCUT2D eigenvalue weighted by Gasteiger charge is 2.09. The van der Waals surface area contributed by atoms with E-state index in [4.69, 9.17) is 4.74 Å². The number of carbonyl (C=O) groups is 1. The van der Waals surface area contributed by atoms with Crippen molar-refractivity contribution in [3.05, 3.63) is 76.7 Å². The molecule has 28 heavy (non-hydrogen) atoms. The quantitative estimate of drug-likeness (QED) is 0.457. The number of anilines is 1. The second kappa shape index (κ2) is 9.23. The Kier molecular flexibility index (Phi) is 6.49. The number of thioether (sulfide) groups is 1. The number of benzene rings is 2. The van der Waals surface area contributed by atoms with Crippen LogP contribution in [0.3, 0.4) is 0 Å². The number of nitrogens with zero attached hydrogens (tertiary/aromatic N) is 1. The maximum Gasteiger partial charge on any atom is 0.251 e. The van der Waals surface area contributed by atoms with E-state index in [1.807, 2.05) is 44.2 Å². The largest absolute Gasteiger partial charge is 0.457 e. The van der Waals surface area contributed by atoms with E-state index >= 15 is 0 Å². The molecule has 0 saturated heterocycles. The highest BCUT2D eigenvalue weighted by Crippen LogP contribution is 2.23. The van der Waals surface area contributed by atoms with Gasteiger partial charge in [0.15, 0.2) is 5.16 Å². The zero-order valence-electron chi connectivity index (χ0n) is 15.6. The summed E-state index contributed by atoms with van der Waals surface area (Å²) in [6.07, 6.45) is 0. The summed E-state index contributed by atoms with van der Waals surface area (Å²) in [5.41, 5.74) is 1.17. The van der Waals surface area contributed by atoms with Crippen molar-refractivity contribution in [2.75, 3.05) is 11.1 Å². The molecule has 3 aromatic rings. The first-order valence-electron chi connectivity index (χ1n) is 8.86. The summed E-state index contributed by atoms with van der Waals surface area (Å²) >= 11 is 1.20. The fraction of sp³-hybridized carbons (Fsp3) is 0.190. The summed E-state index contributed by atoms with van der Waals surface area (Å²) in [5.74, 6) is 1.55. The van der Waals surface area contributed by atoms with Crippen LogP contribution in [0.1, 0.15) is 25.5 Å². The van der Waals surface area contributed by atoms with Gasteiger partial charge in [-0.05, 0) is 42.3 Å². The van der Waals surface area contributed by atoms with Crippen LogP contribution in [0.25, 0.3) is 0 Å². The Morgan fingerprint density at radius 3 is 2.46 bits per heavy atom. The average molecular weight is 395 g/mol. The van der Waals surface area contributed by atoms with Crippen LogP contribution < -0.4 is 15.6 Å². The van der Waals surface area contributed by atoms with Gasteiger partial charge in [0, 0.05) is 11.8 Å². The van der Waals surface area contributed by atoms with E-state index in [0.717, 1.165) is 5.75 Å². The maximum atomic E-state index is 12.2. The Bertz CT molecular complexity index is 986. The minimum Gasteiger partial charge on any atom is -0.457 e. The molecule has 2 N–H and O–H groups in total. The maximum absolute atomic E-state index is 12.2.